The molecular weight excluding hydrogens is 316 g/mol. The lowest BCUT2D eigenvalue weighted by Crippen LogP contribution is -2.00. The summed E-state index contributed by atoms with van der Waals surface area (Å²) in [6.45, 7) is 1.55. The van der Waals surface area contributed by atoms with Crippen LogP contribution in [0.1, 0.15) is 17.3 Å². The number of alkyl halides is 1. The highest BCUT2D eigenvalue weighted by atomic mass is 79.9. The van der Waals surface area contributed by atoms with Gasteiger partial charge in [0.1, 0.15) is 5.78 Å². The highest BCUT2D eigenvalue weighted by molar-refractivity contribution is 9.10. The van der Waals surface area contributed by atoms with Gasteiger partial charge in [0, 0.05) is 9.37 Å². The van der Waals surface area contributed by atoms with Crippen LogP contribution >= 0.6 is 44.5 Å². The maximum Gasteiger partial charge on any atom is 0.147 e. The second kappa shape index (κ2) is 4.62. The van der Waals surface area contributed by atoms with Gasteiger partial charge in [0.15, 0.2) is 0 Å². The smallest absolute Gasteiger partial charge is 0.147 e. The highest BCUT2D eigenvalue weighted by Gasteiger charge is 2.12. The molecule has 70 valence electrons. The third kappa shape index (κ3) is 3.11. The van der Waals surface area contributed by atoms with E-state index in [2.05, 4.69) is 44.5 Å². The van der Waals surface area contributed by atoms with Gasteiger partial charge in [0.2, 0.25) is 0 Å². The van der Waals surface area contributed by atoms with E-state index in [4.69, 9.17) is 0 Å². The Balaban J connectivity index is 3.07. The van der Waals surface area contributed by atoms with E-state index in [0.29, 0.717) is 0 Å². The lowest BCUT2D eigenvalue weighted by molar-refractivity contribution is -0.116. The second-order valence-corrected chi connectivity index (χ2v) is 5.06. The van der Waals surface area contributed by atoms with Gasteiger partial charge in [0.25, 0.3) is 0 Å². The summed E-state index contributed by atoms with van der Waals surface area (Å²) in [4.78, 5) is 11.7. The number of benzene rings is 1. The van der Waals surface area contributed by atoms with Crippen LogP contribution in [0.5, 0.6) is 0 Å². The van der Waals surface area contributed by atoms with E-state index in [9.17, 15) is 4.79 Å². The van der Waals surface area contributed by atoms with Crippen LogP contribution in [-0.2, 0) is 4.79 Å². The minimum atomic E-state index is -0.240. The van der Waals surface area contributed by atoms with E-state index in [1.165, 1.54) is 0 Å². The number of hydrogen-bond donors (Lipinski definition) is 1. The molecule has 0 heterocycles. The molecule has 1 nitrogen and oxygen atoms in total. The van der Waals surface area contributed by atoms with E-state index in [-0.39, 0.29) is 10.6 Å². The molecule has 0 bridgehead atoms. The molecule has 1 aromatic rings. The van der Waals surface area contributed by atoms with E-state index in [0.717, 1.165) is 14.9 Å². The van der Waals surface area contributed by atoms with Crippen molar-refractivity contribution >= 4 is 50.3 Å². The van der Waals surface area contributed by atoms with Crippen molar-refractivity contribution in [2.75, 3.05) is 0 Å². The van der Waals surface area contributed by atoms with Gasteiger partial charge in [0.05, 0.1) is 4.83 Å². The van der Waals surface area contributed by atoms with Crippen LogP contribution in [0.25, 0.3) is 0 Å². The first kappa shape index (κ1) is 11.3. The third-order valence-corrected chi connectivity index (χ3v) is 3.44. The quantitative estimate of drug-likeness (QED) is 0.647. The topological polar surface area (TPSA) is 17.1 Å². The Labute approximate surface area is 99.6 Å². The van der Waals surface area contributed by atoms with Gasteiger partial charge in [-0.2, -0.15) is 0 Å². The maximum atomic E-state index is 11.1. The van der Waals surface area contributed by atoms with Gasteiger partial charge in [-0.25, -0.2) is 0 Å². The Morgan fingerprint density at radius 3 is 2.54 bits per heavy atom. The van der Waals surface area contributed by atoms with Crippen molar-refractivity contribution in [1.82, 2.24) is 0 Å². The molecule has 0 aromatic heterocycles. The third-order valence-electron chi connectivity index (χ3n) is 1.55. The molecule has 0 saturated heterocycles. The summed E-state index contributed by atoms with van der Waals surface area (Å²) < 4.78 is 0.931. The molecular formula is C9H8Br2OS. The highest BCUT2D eigenvalue weighted by Crippen LogP contribution is 2.28. The second-order valence-electron chi connectivity index (χ2n) is 2.72. The Morgan fingerprint density at radius 1 is 1.46 bits per heavy atom. The number of Topliss-reactive ketones (excluding diaryl/α,β-unsaturated/α-hetero) is 1. The summed E-state index contributed by atoms with van der Waals surface area (Å²) >= 11 is 10.9. The molecule has 0 aliphatic carbocycles. The fraction of sp³-hybridized carbons (Fsp3) is 0.222. The van der Waals surface area contributed by atoms with Crippen LogP contribution in [-0.4, -0.2) is 5.78 Å². The first-order valence-electron chi connectivity index (χ1n) is 3.64. The van der Waals surface area contributed by atoms with Gasteiger partial charge < -0.3 is 0 Å². The molecule has 0 amide bonds. The molecule has 0 aliphatic rings. The first-order valence-corrected chi connectivity index (χ1v) is 5.80. The van der Waals surface area contributed by atoms with Crippen LogP contribution in [0.3, 0.4) is 0 Å². The summed E-state index contributed by atoms with van der Waals surface area (Å²) in [6, 6.07) is 5.65. The van der Waals surface area contributed by atoms with E-state index < -0.39 is 0 Å². The number of halogens is 2. The zero-order chi connectivity index (χ0) is 10.0. The summed E-state index contributed by atoms with van der Waals surface area (Å²) in [5.74, 6) is 0.0887. The standard InChI is InChI=1S/C9H8Br2OS/c1-5(12)9(11)6-2-7(10)4-8(13)3-6/h2-4,9,13H,1H3. The molecule has 0 N–H and O–H groups in total. The lowest BCUT2D eigenvalue weighted by Gasteiger charge is -2.07. The van der Waals surface area contributed by atoms with Crippen LogP contribution in [0.4, 0.5) is 0 Å². The lowest BCUT2D eigenvalue weighted by atomic mass is 10.1. The average molecular weight is 324 g/mol. The van der Waals surface area contributed by atoms with Crippen LogP contribution in [0.2, 0.25) is 0 Å². The Kier molecular flexibility index (Phi) is 4.01. The van der Waals surface area contributed by atoms with Crippen molar-refractivity contribution in [1.29, 1.82) is 0 Å². The maximum absolute atomic E-state index is 11.1. The molecule has 1 aromatic carbocycles. The molecule has 0 spiro atoms. The molecule has 1 rings (SSSR count). The molecule has 1 unspecified atom stereocenters. The first-order chi connectivity index (χ1) is 6.00. The van der Waals surface area contributed by atoms with Crippen molar-refractivity contribution < 1.29 is 4.79 Å². The van der Waals surface area contributed by atoms with Gasteiger partial charge >= 0.3 is 0 Å². The number of ketones is 1. The SMILES string of the molecule is CC(=O)C(Br)c1cc(S)cc(Br)c1. The zero-order valence-electron chi connectivity index (χ0n) is 6.92. The Hall–Kier alpha value is 0.200. The fourth-order valence-corrected chi connectivity index (χ4v) is 2.22. The molecule has 0 saturated carbocycles. The molecule has 0 fully saturated rings. The van der Waals surface area contributed by atoms with Gasteiger partial charge in [-0.05, 0) is 30.7 Å². The number of rotatable bonds is 2. The van der Waals surface area contributed by atoms with E-state index in [1.54, 1.807) is 6.92 Å². The Morgan fingerprint density at radius 2 is 2.08 bits per heavy atom. The molecule has 0 radical (unpaired) electrons. The van der Waals surface area contributed by atoms with Gasteiger partial charge in [-0.15, -0.1) is 12.6 Å². The normalized spacial score (nSPS) is 12.6. The molecule has 13 heavy (non-hydrogen) atoms. The van der Waals surface area contributed by atoms with Crippen LogP contribution in [0, 0.1) is 0 Å². The van der Waals surface area contributed by atoms with Crippen molar-refractivity contribution in [2.45, 2.75) is 16.6 Å². The number of carbonyl (C=O) groups excluding carboxylic acids is 1. The molecule has 1 atom stereocenters. The van der Waals surface area contributed by atoms with Crippen molar-refractivity contribution in [3.63, 3.8) is 0 Å². The van der Waals surface area contributed by atoms with Crippen molar-refractivity contribution in [3.05, 3.63) is 28.2 Å². The number of thiol groups is 1. The molecule has 0 aliphatic heterocycles. The Bertz CT molecular complexity index is 318. The summed E-state index contributed by atoms with van der Waals surface area (Å²) in [5, 5.41) is 0. The largest absolute Gasteiger partial charge is 0.298 e. The van der Waals surface area contributed by atoms with Crippen LogP contribution < -0.4 is 0 Å². The number of hydrogen-bond acceptors (Lipinski definition) is 2. The van der Waals surface area contributed by atoms with Gasteiger partial charge in [-0.3, -0.25) is 4.79 Å². The summed E-state index contributed by atoms with van der Waals surface area (Å²) in [5.41, 5.74) is 0.923. The van der Waals surface area contributed by atoms with Crippen LogP contribution in [0.15, 0.2) is 27.6 Å². The monoisotopic (exact) mass is 322 g/mol. The van der Waals surface area contributed by atoms with Crippen molar-refractivity contribution in [3.8, 4) is 0 Å². The molecule has 4 heteroatoms. The van der Waals surface area contributed by atoms with E-state index >= 15 is 0 Å². The summed E-state index contributed by atoms with van der Waals surface area (Å²) in [7, 11) is 0. The predicted octanol–water partition coefficient (Wildman–Crippen LogP) is 3.76. The predicted molar refractivity (Wildman–Crippen MR) is 63.7 cm³/mol. The summed E-state index contributed by atoms with van der Waals surface area (Å²) in [6.07, 6.45) is 0. The minimum absolute atomic E-state index is 0.0887. The van der Waals surface area contributed by atoms with Gasteiger partial charge in [-0.1, -0.05) is 31.9 Å². The fourth-order valence-electron chi connectivity index (χ4n) is 0.977. The van der Waals surface area contributed by atoms with Crippen molar-refractivity contribution in [2.24, 2.45) is 0 Å². The van der Waals surface area contributed by atoms with E-state index in [1.807, 2.05) is 18.2 Å². The minimum Gasteiger partial charge on any atom is -0.298 e. The number of carbonyl (C=O) groups is 1. The zero-order valence-corrected chi connectivity index (χ0v) is 11.0. The average Bonchev–Trinajstić information content (AvgIpc) is 2.01.